The Labute approximate surface area is 182 Å². The summed E-state index contributed by atoms with van der Waals surface area (Å²) >= 11 is 0. The summed E-state index contributed by atoms with van der Waals surface area (Å²) in [5.41, 5.74) is 5.72. The quantitative estimate of drug-likeness (QED) is 0.613. The third kappa shape index (κ3) is 4.10. The number of nitrogens with zero attached hydrogens (tertiary/aromatic N) is 2. The Balaban J connectivity index is 1.76. The number of nitrogens with one attached hydrogen (secondary N) is 1. The van der Waals surface area contributed by atoms with E-state index >= 15 is 0 Å². The smallest absolute Gasteiger partial charge is 0.224 e. The number of methoxy groups -OCH3 is 1. The highest BCUT2D eigenvalue weighted by molar-refractivity contribution is 5.94. The van der Waals surface area contributed by atoms with Crippen molar-refractivity contribution in [2.45, 2.75) is 32.4 Å². The van der Waals surface area contributed by atoms with Crippen molar-refractivity contribution in [1.29, 1.82) is 5.26 Å². The predicted molar refractivity (Wildman–Crippen MR) is 123 cm³/mol. The van der Waals surface area contributed by atoms with E-state index in [1.54, 1.807) is 14.0 Å². The largest absolute Gasteiger partial charge is 0.497 e. The average molecular weight is 412 g/mol. The minimum Gasteiger partial charge on any atom is -0.497 e. The third-order valence-corrected chi connectivity index (χ3v) is 5.78. The summed E-state index contributed by atoms with van der Waals surface area (Å²) in [5, 5.41) is 12.7. The van der Waals surface area contributed by atoms with Gasteiger partial charge in [-0.15, -0.1) is 0 Å². The first-order valence-electron chi connectivity index (χ1n) is 10.3. The van der Waals surface area contributed by atoms with E-state index in [-0.39, 0.29) is 18.0 Å². The molecule has 4 rings (SSSR count). The van der Waals surface area contributed by atoms with Crippen LogP contribution in [0.25, 0.3) is 11.1 Å². The zero-order chi connectivity index (χ0) is 22.0. The van der Waals surface area contributed by atoms with Crippen molar-refractivity contribution >= 4 is 17.3 Å². The van der Waals surface area contributed by atoms with Crippen LogP contribution in [0.15, 0.2) is 66.7 Å². The molecule has 0 saturated heterocycles. The molecule has 2 atom stereocenters. The number of nitriles is 1. The molecule has 1 aliphatic heterocycles. The molecule has 0 radical (unpaired) electrons. The number of benzene rings is 3. The average Bonchev–Trinajstić information content (AvgIpc) is 2.79. The van der Waals surface area contributed by atoms with Gasteiger partial charge in [0.05, 0.1) is 24.8 Å². The lowest BCUT2D eigenvalue weighted by Gasteiger charge is -2.39. The molecule has 0 bridgehead atoms. The fourth-order valence-corrected chi connectivity index (χ4v) is 4.31. The molecule has 3 aromatic rings. The standard InChI is InChI=1S/C26H25N3O2/c1-17-13-25(28-22-5-4-6-23(15-22)31-3)24-14-21(11-12-26(24)29(17)18(2)30)20-9-7-19(16-27)8-10-20/h4-12,14-15,17,25,28H,13H2,1-3H3/t17-,25+/m1/s1. The van der Waals surface area contributed by atoms with Crippen LogP contribution in [0.4, 0.5) is 11.4 Å². The maximum absolute atomic E-state index is 12.4. The number of anilines is 2. The Morgan fingerprint density at radius 2 is 1.84 bits per heavy atom. The first-order valence-corrected chi connectivity index (χ1v) is 10.3. The van der Waals surface area contributed by atoms with Crippen LogP contribution >= 0.6 is 0 Å². The van der Waals surface area contributed by atoms with E-state index in [4.69, 9.17) is 10.00 Å². The zero-order valence-corrected chi connectivity index (χ0v) is 17.9. The molecule has 5 heteroatoms. The normalized spacial score (nSPS) is 17.4. The summed E-state index contributed by atoms with van der Waals surface area (Å²) in [4.78, 5) is 14.3. The molecule has 0 aliphatic carbocycles. The summed E-state index contributed by atoms with van der Waals surface area (Å²) in [7, 11) is 1.66. The number of hydrogen-bond donors (Lipinski definition) is 1. The number of carbonyl (C=O) groups excluding carboxylic acids is 1. The monoisotopic (exact) mass is 411 g/mol. The Morgan fingerprint density at radius 3 is 2.52 bits per heavy atom. The van der Waals surface area contributed by atoms with Crippen molar-refractivity contribution in [3.8, 4) is 22.9 Å². The van der Waals surface area contributed by atoms with Crippen molar-refractivity contribution in [1.82, 2.24) is 0 Å². The molecule has 0 aromatic heterocycles. The number of ether oxygens (including phenoxy) is 1. The summed E-state index contributed by atoms with van der Waals surface area (Å²) in [6.07, 6.45) is 0.792. The lowest BCUT2D eigenvalue weighted by molar-refractivity contribution is -0.117. The van der Waals surface area contributed by atoms with Gasteiger partial charge in [-0.25, -0.2) is 0 Å². The summed E-state index contributed by atoms with van der Waals surface area (Å²) < 4.78 is 5.36. The number of carbonyl (C=O) groups is 1. The van der Waals surface area contributed by atoms with E-state index < -0.39 is 0 Å². The summed E-state index contributed by atoms with van der Waals surface area (Å²) in [6.45, 7) is 3.70. The molecule has 0 unspecified atom stereocenters. The van der Waals surface area contributed by atoms with Crippen LogP contribution in [-0.4, -0.2) is 19.1 Å². The molecule has 3 aromatic carbocycles. The number of rotatable bonds is 4. The van der Waals surface area contributed by atoms with Gasteiger partial charge in [-0.1, -0.05) is 24.3 Å². The Kier molecular flexibility index (Phi) is 5.64. The van der Waals surface area contributed by atoms with Gasteiger partial charge in [0.15, 0.2) is 0 Å². The molecule has 1 heterocycles. The Morgan fingerprint density at radius 1 is 1.10 bits per heavy atom. The summed E-state index contributed by atoms with van der Waals surface area (Å²) in [5.74, 6) is 0.838. The van der Waals surface area contributed by atoms with Gasteiger partial charge < -0.3 is 15.0 Å². The van der Waals surface area contributed by atoms with Crippen molar-refractivity contribution in [2.75, 3.05) is 17.3 Å². The molecule has 0 saturated carbocycles. The van der Waals surface area contributed by atoms with Crippen LogP contribution < -0.4 is 15.0 Å². The van der Waals surface area contributed by atoms with E-state index in [9.17, 15) is 4.79 Å². The number of amides is 1. The molecule has 0 spiro atoms. The second kappa shape index (κ2) is 8.53. The number of fused-ring (bicyclic) bond motifs is 1. The van der Waals surface area contributed by atoms with Gasteiger partial charge >= 0.3 is 0 Å². The second-order valence-corrected chi connectivity index (χ2v) is 7.87. The van der Waals surface area contributed by atoms with E-state index in [1.165, 1.54) is 0 Å². The predicted octanol–water partition coefficient (Wildman–Crippen LogP) is 5.53. The van der Waals surface area contributed by atoms with Gasteiger partial charge in [0.25, 0.3) is 0 Å². The van der Waals surface area contributed by atoms with Crippen LogP contribution in [0, 0.1) is 11.3 Å². The lowest BCUT2D eigenvalue weighted by Crippen LogP contribution is -2.43. The fourth-order valence-electron chi connectivity index (χ4n) is 4.31. The second-order valence-electron chi connectivity index (χ2n) is 7.87. The molecule has 5 nitrogen and oxygen atoms in total. The minimum atomic E-state index is 0.0414. The van der Waals surface area contributed by atoms with E-state index in [0.29, 0.717) is 5.56 Å². The zero-order valence-electron chi connectivity index (χ0n) is 17.9. The van der Waals surface area contributed by atoms with Crippen LogP contribution in [0.1, 0.15) is 37.4 Å². The maximum atomic E-state index is 12.4. The first kappa shape index (κ1) is 20.5. The summed E-state index contributed by atoms with van der Waals surface area (Å²) in [6, 6.07) is 23.9. The highest BCUT2D eigenvalue weighted by Gasteiger charge is 2.32. The van der Waals surface area contributed by atoms with Crippen LogP contribution in [0.5, 0.6) is 5.75 Å². The Bertz CT molecular complexity index is 1150. The van der Waals surface area contributed by atoms with Crippen molar-refractivity contribution in [3.05, 3.63) is 77.9 Å². The SMILES string of the molecule is COc1cccc(N[C@H]2C[C@@H](C)N(C(C)=O)c3ccc(-c4ccc(C#N)cc4)cc32)c1. The fraction of sp³-hybridized carbons (Fsp3) is 0.231. The minimum absolute atomic E-state index is 0.0414. The van der Waals surface area contributed by atoms with Crippen molar-refractivity contribution in [2.24, 2.45) is 0 Å². The van der Waals surface area contributed by atoms with Gasteiger partial charge in [0.1, 0.15) is 5.75 Å². The topological polar surface area (TPSA) is 65.4 Å². The molecule has 1 N–H and O–H groups in total. The molecular formula is C26H25N3O2. The van der Waals surface area contributed by atoms with Crippen LogP contribution in [0.3, 0.4) is 0 Å². The molecule has 1 aliphatic rings. The van der Waals surface area contributed by atoms with Gasteiger partial charge in [-0.3, -0.25) is 4.79 Å². The van der Waals surface area contributed by atoms with Crippen molar-refractivity contribution in [3.63, 3.8) is 0 Å². The molecule has 31 heavy (non-hydrogen) atoms. The van der Waals surface area contributed by atoms with Crippen molar-refractivity contribution < 1.29 is 9.53 Å². The molecule has 156 valence electrons. The first-order chi connectivity index (χ1) is 15.0. The Hall–Kier alpha value is -3.78. The molecule has 0 fully saturated rings. The third-order valence-electron chi connectivity index (χ3n) is 5.78. The van der Waals surface area contributed by atoms with E-state index in [2.05, 4.69) is 24.4 Å². The molecule has 1 amide bonds. The van der Waals surface area contributed by atoms with Crippen LogP contribution in [0.2, 0.25) is 0 Å². The highest BCUT2D eigenvalue weighted by Crippen LogP contribution is 2.41. The molecular weight excluding hydrogens is 386 g/mol. The van der Waals surface area contributed by atoms with Gasteiger partial charge in [0.2, 0.25) is 5.91 Å². The van der Waals surface area contributed by atoms with Crippen LogP contribution in [-0.2, 0) is 4.79 Å². The van der Waals surface area contributed by atoms with E-state index in [1.807, 2.05) is 65.6 Å². The lowest BCUT2D eigenvalue weighted by atomic mass is 9.88. The number of hydrogen-bond acceptors (Lipinski definition) is 4. The van der Waals surface area contributed by atoms with Gasteiger partial charge in [-0.05, 0) is 66.4 Å². The highest BCUT2D eigenvalue weighted by atomic mass is 16.5. The maximum Gasteiger partial charge on any atom is 0.224 e. The van der Waals surface area contributed by atoms with E-state index in [0.717, 1.165) is 40.2 Å². The van der Waals surface area contributed by atoms with Gasteiger partial charge in [0, 0.05) is 30.4 Å². The van der Waals surface area contributed by atoms with Gasteiger partial charge in [-0.2, -0.15) is 5.26 Å².